The largest absolute Gasteiger partial charge is 0.305 e. The maximum absolute atomic E-state index is 13.2. The molecular weight excluding hydrogens is 432 g/mol. The first-order chi connectivity index (χ1) is 14.7. The van der Waals surface area contributed by atoms with Crippen molar-refractivity contribution in [3.05, 3.63) is 94.5 Å². The predicted molar refractivity (Wildman–Crippen MR) is 125 cm³/mol. The number of benzene rings is 3. The number of hydrogen-bond acceptors (Lipinski definition) is 3. The van der Waals surface area contributed by atoms with E-state index < -0.39 is 10.0 Å². The quantitative estimate of drug-likeness (QED) is 0.551. The van der Waals surface area contributed by atoms with Gasteiger partial charge in [0.25, 0.3) is 5.91 Å². The summed E-state index contributed by atoms with van der Waals surface area (Å²) in [5, 5.41) is 0.593. The van der Waals surface area contributed by atoms with Crippen molar-refractivity contribution in [2.45, 2.75) is 25.9 Å². The van der Waals surface area contributed by atoms with Crippen LogP contribution >= 0.6 is 11.6 Å². The van der Waals surface area contributed by atoms with E-state index in [1.54, 1.807) is 48.5 Å². The van der Waals surface area contributed by atoms with E-state index in [9.17, 15) is 13.2 Å². The molecule has 1 aliphatic rings. The zero-order chi connectivity index (χ0) is 22.2. The molecule has 0 N–H and O–H groups in total. The normalized spacial score (nSPS) is 15.6. The van der Waals surface area contributed by atoms with Crippen LogP contribution in [0, 0.1) is 0 Å². The van der Waals surface area contributed by atoms with Gasteiger partial charge in [-0.2, -0.15) is 0 Å². The smallest absolute Gasteiger partial charge is 0.258 e. The van der Waals surface area contributed by atoms with Crippen molar-refractivity contribution in [1.82, 2.24) is 0 Å². The summed E-state index contributed by atoms with van der Waals surface area (Å²) in [6, 6.07) is 21.8. The Hall–Kier alpha value is -2.83. The van der Waals surface area contributed by atoms with Gasteiger partial charge in [-0.15, -0.1) is 0 Å². The lowest BCUT2D eigenvalue weighted by atomic mass is 10.1. The Morgan fingerprint density at radius 3 is 2.32 bits per heavy atom. The predicted octanol–water partition coefficient (Wildman–Crippen LogP) is 4.90. The molecule has 1 atom stereocenters. The summed E-state index contributed by atoms with van der Waals surface area (Å²) in [5.74, 6) is -0.0902. The van der Waals surface area contributed by atoms with Crippen molar-refractivity contribution in [3.8, 4) is 0 Å². The molecule has 31 heavy (non-hydrogen) atoms. The number of nitrogens with zero attached hydrogens (tertiary/aromatic N) is 2. The Kier molecular flexibility index (Phi) is 5.77. The van der Waals surface area contributed by atoms with Crippen LogP contribution in [0.1, 0.15) is 28.4 Å². The van der Waals surface area contributed by atoms with Gasteiger partial charge in [0.15, 0.2) is 0 Å². The molecule has 0 aliphatic carbocycles. The second-order valence-corrected chi connectivity index (χ2v) is 10.1. The van der Waals surface area contributed by atoms with Gasteiger partial charge in [-0.3, -0.25) is 9.10 Å². The van der Waals surface area contributed by atoms with E-state index in [4.69, 9.17) is 11.6 Å². The monoisotopic (exact) mass is 454 g/mol. The average molecular weight is 455 g/mol. The highest BCUT2D eigenvalue weighted by Gasteiger charge is 2.31. The van der Waals surface area contributed by atoms with Gasteiger partial charge in [0.05, 0.1) is 18.5 Å². The summed E-state index contributed by atoms with van der Waals surface area (Å²) < 4.78 is 26.2. The molecule has 0 radical (unpaired) electrons. The first-order valence-corrected chi connectivity index (χ1v) is 12.2. The van der Waals surface area contributed by atoms with Gasteiger partial charge in [-0.25, -0.2) is 8.42 Å². The van der Waals surface area contributed by atoms with Gasteiger partial charge < -0.3 is 4.90 Å². The van der Waals surface area contributed by atoms with Gasteiger partial charge in [0.1, 0.15) is 0 Å². The Balaban J connectivity index is 1.60. The molecule has 0 saturated carbocycles. The van der Waals surface area contributed by atoms with Gasteiger partial charge in [0.2, 0.25) is 10.0 Å². The molecule has 1 aliphatic heterocycles. The number of sulfonamides is 1. The zero-order valence-corrected chi connectivity index (χ0v) is 18.9. The highest BCUT2D eigenvalue weighted by molar-refractivity contribution is 7.92. The summed E-state index contributed by atoms with van der Waals surface area (Å²) >= 11 is 5.93. The topological polar surface area (TPSA) is 57.7 Å². The minimum absolute atomic E-state index is 0.0713. The van der Waals surface area contributed by atoms with Crippen LogP contribution in [0.15, 0.2) is 72.8 Å². The lowest BCUT2D eigenvalue weighted by Gasteiger charge is -2.24. The Morgan fingerprint density at radius 2 is 1.68 bits per heavy atom. The minimum atomic E-state index is -3.52. The molecule has 0 fully saturated rings. The summed E-state index contributed by atoms with van der Waals surface area (Å²) in [6.45, 7) is 2.21. The lowest BCUT2D eigenvalue weighted by molar-refractivity contribution is 0.0981. The Morgan fingerprint density at radius 1 is 1.03 bits per heavy atom. The Bertz CT molecular complexity index is 1210. The molecule has 0 saturated heterocycles. The first kappa shape index (κ1) is 21.4. The van der Waals surface area contributed by atoms with Crippen LogP contribution < -0.4 is 9.21 Å². The number of carbonyl (C=O) groups is 1. The summed E-state index contributed by atoms with van der Waals surface area (Å²) in [5.41, 5.74) is 3.93. The maximum atomic E-state index is 13.2. The molecule has 7 heteroatoms. The second-order valence-electron chi connectivity index (χ2n) is 7.80. The molecule has 3 aromatic rings. The number of carbonyl (C=O) groups excluding carboxylic acids is 1. The molecule has 3 aromatic carbocycles. The Labute approximate surface area is 187 Å². The van der Waals surface area contributed by atoms with Gasteiger partial charge >= 0.3 is 0 Å². The highest BCUT2D eigenvalue weighted by Crippen LogP contribution is 2.33. The summed E-state index contributed by atoms with van der Waals surface area (Å²) in [4.78, 5) is 15.0. The fraction of sp³-hybridized carbons (Fsp3) is 0.208. The number of anilines is 2. The van der Waals surface area contributed by atoms with Crippen LogP contribution in [-0.2, 0) is 23.0 Å². The third kappa shape index (κ3) is 4.45. The van der Waals surface area contributed by atoms with Crippen molar-refractivity contribution in [1.29, 1.82) is 0 Å². The lowest BCUT2D eigenvalue weighted by Crippen LogP contribution is -2.35. The van der Waals surface area contributed by atoms with E-state index in [1.807, 2.05) is 36.1 Å². The van der Waals surface area contributed by atoms with Crippen molar-refractivity contribution in [3.63, 3.8) is 0 Å². The molecular formula is C24H23ClN2O3S. The number of fused-ring (bicyclic) bond motifs is 1. The number of para-hydroxylation sites is 1. The molecule has 0 bridgehead atoms. The fourth-order valence-corrected chi connectivity index (χ4v) is 4.95. The van der Waals surface area contributed by atoms with Crippen molar-refractivity contribution < 1.29 is 13.2 Å². The minimum Gasteiger partial charge on any atom is -0.305 e. The SMILES string of the molecule is CC1Cc2ccccc2N1C(=O)c1ccc(N(Cc2ccc(Cl)cc2)S(C)(=O)=O)cc1. The molecule has 5 nitrogen and oxygen atoms in total. The molecule has 1 heterocycles. The van der Waals surface area contributed by atoms with Gasteiger partial charge in [-0.05, 0) is 66.9 Å². The number of halogens is 1. The molecule has 4 rings (SSSR count). The molecule has 0 aromatic heterocycles. The molecule has 1 amide bonds. The number of amides is 1. The van der Waals surface area contributed by atoms with Crippen LogP contribution in [0.5, 0.6) is 0 Å². The van der Waals surface area contributed by atoms with Crippen LogP contribution in [-0.4, -0.2) is 26.6 Å². The number of rotatable bonds is 5. The van der Waals surface area contributed by atoms with Gasteiger partial charge in [-0.1, -0.05) is 41.9 Å². The van der Waals surface area contributed by atoms with Crippen LogP contribution in [0.25, 0.3) is 0 Å². The van der Waals surface area contributed by atoms with Crippen LogP contribution in [0.2, 0.25) is 5.02 Å². The fourth-order valence-electron chi connectivity index (χ4n) is 3.94. The molecule has 160 valence electrons. The van der Waals surface area contributed by atoms with Gasteiger partial charge in [0, 0.05) is 22.3 Å². The van der Waals surface area contributed by atoms with Crippen molar-refractivity contribution in [2.75, 3.05) is 15.5 Å². The van der Waals surface area contributed by atoms with E-state index in [1.165, 1.54) is 10.6 Å². The van der Waals surface area contributed by atoms with Crippen LogP contribution in [0.3, 0.4) is 0 Å². The van der Waals surface area contributed by atoms with Crippen molar-refractivity contribution >= 4 is 38.9 Å². The third-order valence-corrected chi connectivity index (χ3v) is 6.86. The van der Waals surface area contributed by atoms with E-state index in [2.05, 4.69) is 0 Å². The van der Waals surface area contributed by atoms with E-state index >= 15 is 0 Å². The first-order valence-electron chi connectivity index (χ1n) is 9.98. The highest BCUT2D eigenvalue weighted by atomic mass is 35.5. The van der Waals surface area contributed by atoms with E-state index in [-0.39, 0.29) is 18.5 Å². The molecule has 1 unspecified atom stereocenters. The summed E-state index contributed by atoms with van der Waals surface area (Å²) in [7, 11) is -3.52. The zero-order valence-electron chi connectivity index (χ0n) is 17.3. The summed E-state index contributed by atoms with van der Waals surface area (Å²) in [6.07, 6.45) is 1.99. The van der Waals surface area contributed by atoms with Crippen molar-refractivity contribution in [2.24, 2.45) is 0 Å². The second kappa shape index (κ2) is 8.36. The third-order valence-electron chi connectivity index (χ3n) is 5.47. The number of hydrogen-bond donors (Lipinski definition) is 0. The molecule has 0 spiro atoms. The maximum Gasteiger partial charge on any atom is 0.258 e. The van der Waals surface area contributed by atoms with E-state index in [0.717, 1.165) is 23.2 Å². The van der Waals surface area contributed by atoms with Crippen LogP contribution in [0.4, 0.5) is 11.4 Å². The average Bonchev–Trinajstić information content (AvgIpc) is 3.08. The standard InChI is InChI=1S/C24H23ClN2O3S/c1-17-15-20-5-3-4-6-23(20)27(17)24(28)19-9-13-22(14-10-19)26(31(2,29)30)16-18-7-11-21(25)12-8-18/h3-14,17H,15-16H2,1-2H3. The van der Waals surface area contributed by atoms with E-state index in [0.29, 0.717) is 16.3 Å².